The van der Waals surface area contributed by atoms with E-state index in [1.54, 1.807) is 0 Å². The van der Waals surface area contributed by atoms with Crippen molar-refractivity contribution in [1.29, 1.82) is 0 Å². The van der Waals surface area contributed by atoms with Gasteiger partial charge in [-0.15, -0.1) is 0 Å². The first-order valence-corrected chi connectivity index (χ1v) is 17.7. The van der Waals surface area contributed by atoms with E-state index >= 15 is 0 Å². The van der Waals surface area contributed by atoms with E-state index in [9.17, 15) is 85.9 Å². The number of rotatable bonds is 15. The highest BCUT2D eigenvalue weighted by atomic mass is 16.8. The second kappa shape index (κ2) is 19.8. The average Bonchev–Trinajstić information content (AvgIpc) is 3.16. The first-order valence-electron chi connectivity index (χ1n) is 17.7. The Morgan fingerprint density at radius 3 is 1.84 bits per heavy atom. The summed E-state index contributed by atoms with van der Waals surface area (Å²) in [5.41, 5.74) is 0. The lowest BCUT2D eigenvalue weighted by molar-refractivity contribution is -0.370. The van der Waals surface area contributed by atoms with Crippen LogP contribution >= 0.6 is 0 Å². The lowest BCUT2D eigenvalue weighted by atomic mass is 9.88. The molecule has 0 aromatic rings. The number of aliphatic hydroxyl groups is 13. The lowest BCUT2D eigenvalue weighted by Crippen LogP contribution is -2.69. The van der Waals surface area contributed by atoms with E-state index in [2.05, 4.69) is 10.6 Å². The number of carboxylic acids is 1. The summed E-state index contributed by atoms with van der Waals surface area (Å²) in [6, 6.07) is -3.20. The summed E-state index contributed by atoms with van der Waals surface area (Å²) in [5, 5.41) is 150. The predicted octanol–water partition coefficient (Wildman–Crippen LogP) is -10.3. The molecule has 4 aliphatic heterocycles. The summed E-state index contributed by atoms with van der Waals surface area (Å²) in [6.45, 7) is -1.87. The molecule has 26 nitrogen and oxygen atoms in total. The van der Waals surface area contributed by atoms with Crippen molar-refractivity contribution in [3.63, 3.8) is 0 Å². The van der Waals surface area contributed by atoms with Gasteiger partial charge in [-0.05, 0) is 0 Å². The third-order valence-corrected chi connectivity index (χ3v) is 9.98. The number of carbonyl (C=O) groups excluding carboxylic acids is 2. The fourth-order valence-corrected chi connectivity index (χ4v) is 6.94. The number of aliphatic carboxylic acids is 1. The Bertz CT molecular complexity index is 1350. The van der Waals surface area contributed by atoms with Gasteiger partial charge in [0.2, 0.25) is 11.8 Å². The second-order valence-electron chi connectivity index (χ2n) is 14.1. The van der Waals surface area contributed by atoms with E-state index in [1.165, 1.54) is 0 Å². The van der Waals surface area contributed by atoms with Crippen LogP contribution in [0.2, 0.25) is 0 Å². The minimum atomic E-state index is -2.91. The summed E-state index contributed by atoms with van der Waals surface area (Å²) < 4.78 is 38.6. The number of hydrogen-bond donors (Lipinski definition) is 16. The monoisotopic (exact) mass is 836 g/mol. The minimum absolute atomic E-state index is 0.754. The number of ether oxygens (including phenoxy) is 7. The molecule has 4 rings (SSSR count). The summed E-state index contributed by atoms with van der Waals surface area (Å²) in [4.78, 5) is 36.6. The zero-order valence-electron chi connectivity index (χ0n) is 30.4. The maximum Gasteiger partial charge on any atom is 0.364 e. The van der Waals surface area contributed by atoms with Crippen molar-refractivity contribution in [1.82, 2.24) is 10.6 Å². The third-order valence-electron chi connectivity index (χ3n) is 9.98. The summed E-state index contributed by atoms with van der Waals surface area (Å²) >= 11 is 0. The van der Waals surface area contributed by atoms with Gasteiger partial charge < -0.3 is 115 Å². The highest BCUT2D eigenvalue weighted by Crippen LogP contribution is 2.36. The fourth-order valence-electron chi connectivity index (χ4n) is 6.94. The molecule has 4 fully saturated rings. The molecule has 0 aromatic carbocycles. The van der Waals surface area contributed by atoms with E-state index in [1.807, 2.05) is 0 Å². The summed E-state index contributed by atoms with van der Waals surface area (Å²) in [7, 11) is 0. The maximum atomic E-state index is 12.6. The molecule has 2 amide bonds. The topological polar surface area (TPSA) is 423 Å². The molecule has 0 aliphatic carbocycles. The number of hydrogen-bond acceptors (Lipinski definition) is 23. The Kier molecular flexibility index (Phi) is 16.4. The van der Waals surface area contributed by atoms with Gasteiger partial charge in [-0.2, -0.15) is 0 Å². The van der Waals surface area contributed by atoms with Crippen LogP contribution < -0.4 is 10.6 Å². The Balaban J connectivity index is 1.55. The SMILES string of the molecule is CC(=O)N[C@H]1[C@H](O[C@@H]2[C@@H](O)[C@H](O)O[C@H](CO)[C@@H]2O)O[C@H](CO)[C@@H](O[C@@H]2O[C@H](CO[C@]3(C(=O)O)C[C@H](O)[C@@H](NC(C)=O)[C@H]([C@H](O)[C@H](O)CO)O3)[C@H](O)[C@H](O)[C@H]2O)[C@@H]1O. The number of aliphatic hydroxyl groups excluding tert-OH is 13. The number of amides is 2. The first-order chi connectivity index (χ1) is 26.7. The van der Waals surface area contributed by atoms with Gasteiger partial charge in [-0.3, -0.25) is 9.59 Å². The molecule has 0 aromatic heterocycles. The number of carbonyl (C=O) groups is 3. The number of carboxylic acid groups (broad SMARTS) is 1. The molecule has 0 unspecified atom stereocenters. The van der Waals surface area contributed by atoms with Crippen molar-refractivity contribution in [3.05, 3.63) is 0 Å². The molecule has 0 spiro atoms. The van der Waals surface area contributed by atoms with Gasteiger partial charge in [0.1, 0.15) is 91.5 Å². The lowest BCUT2D eigenvalue weighted by Gasteiger charge is -2.49. The van der Waals surface area contributed by atoms with Crippen LogP contribution in [0.15, 0.2) is 0 Å². The van der Waals surface area contributed by atoms with Gasteiger partial charge in [0.25, 0.3) is 5.79 Å². The van der Waals surface area contributed by atoms with Crippen molar-refractivity contribution in [2.75, 3.05) is 26.4 Å². The largest absolute Gasteiger partial charge is 0.477 e. The van der Waals surface area contributed by atoms with Crippen LogP contribution in [0.3, 0.4) is 0 Å². The Labute approximate surface area is 322 Å². The quantitative estimate of drug-likeness (QED) is 0.0728. The van der Waals surface area contributed by atoms with Gasteiger partial charge in [-0.1, -0.05) is 0 Å². The molecular weight excluding hydrogens is 784 g/mol. The number of nitrogens with one attached hydrogen (secondary N) is 2. The molecule has 330 valence electrons. The van der Waals surface area contributed by atoms with Crippen LogP contribution in [-0.2, 0) is 47.5 Å². The van der Waals surface area contributed by atoms with Crippen molar-refractivity contribution < 1.29 is 119 Å². The predicted molar refractivity (Wildman–Crippen MR) is 174 cm³/mol. The van der Waals surface area contributed by atoms with E-state index in [4.69, 9.17) is 33.2 Å². The molecular formula is C31H52N2O24. The molecule has 0 saturated carbocycles. The van der Waals surface area contributed by atoms with Crippen LogP contribution in [0.5, 0.6) is 0 Å². The first kappa shape index (κ1) is 47.3. The standard InChI is InChI=1S/C31H52N2O24/c1-8(37)32-15-10(39)3-31(30(49)50,57-25(15)17(41)11(40)4-34)51-7-14-18(42)21(45)22(46)29(54-14)55-24-13(6-36)53-28(16(20(24)44)33-9(2)38)56-26-19(43)12(5-35)52-27(48)23(26)47/h10-29,34-36,39-48H,3-7H2,1-2H3,(H,32,37)(H,33,38)(H,49,50)/t10-,11+,12+,13+,14+,15+,16+,17+,18-,19-,20+,21-,22+,23+,24+,25+,26-,27+,28-,29-,31+/m0/s1. The van der Waals surface area contributed by atoms with E-state index in [0.29, 0.717) is 0 Å². The minimum Gasteiger partial charge on any atom is -0.477 e. The molecule has 57 heavy (non-hydrogen) atoms. The normalized spacial score (nSPS) is 45.1. The Morgan fingerprint density at radius 1 is 0.702 bits per heavy atom. The third kappa shape index (κ3) is 10.3. The summed E-state index contributed by atoms with van der Waals surface area (Å²) in [5.74, 6) is -6.39. The van der Waals surface area contributed by atoms with Crippen molar-refractivity contribution in [3.8, 4) is 0 Å². The van der Waals surface area contributed by atoms with Crippen LogP contribution in [0.1, 0.15) is 20.3 Å². The van der Waals surface area contributed by atoms with Crippen LogP contribution in [-0.4, -0.2) is 244 Å². The molecule has 0 radical (unpaired) electrons. The van der Waals surface area contributed by atoms with E-state index < -0.39 is 179 Å². The van der Waals surface area contributed by atoms with E-state index in [-0.39, 0.29) is 0 Å². The second-order valence-corrected chi connectivity index (χ2v) is 14.1. The van der Waals surface area contributed by atoms with Gasteiger partial charge in [0.05, 0.1) is 38.6 Å². The molecule has 4 aliphatic rings. The van der Waals surface area contributed by atoms with Crippen LogP contribution in [0.4, 0.5) is 0 Å². The molecule has 26 heteroatoms. The van der Waals surface area contributed by atoms with Crippen molar-refractivity contribution >= 4 is 17.8 Å². The highest BCUT2D eigenvalue weighted by molar-refractivity contribution is 5.76. The molecule has 4 heterocycles. The molecule has 0 bridgehead atoms. The Hall–Kier alpha value is -2.39. The molecule has 4 saturated heterocycles. The summed E-state index contributed by atoms with van der Waals surface area (Å²) in [6.07, 6.45) is -35.2. The van der Waals surface area contributed by atoms with Gasteiger partial charge in [-0.25, -0.2) is 4.79 Å². The van der Waals surface area contributed by atoms with Gasteiger partial charge in [0, 0.05) is 20.3 Å². The van der Waals surface area contributed by atoms with Crippen molar-refractivity contribution in [2.45, 2.75) is 149 Å². The van der Waals surface area contributed by atoms with Crippen molar-refractivity contribution in [2.24, 2.45) is 0 Å². The average molecular weight is 837 g/mol. The Morgan fingerprint density at radius 2 is 1.28 bits per heavy atom. The zero-order chi connectivity index (χ0) is 42.7. The molecule has 21 atom stereocenters. The van der Waals surface area contributed by atoms with E-state index in [0.717, 1.165) is 13.8 Å². The highest BCUT2D eigenvalue weighted by Gasteiger charge is 2.58. The van der Waals surface area contributed by atoms with Crippen LogP contribution in [0, 0.1) is 0 Å². The van der Waals surface area contributed by atoms with Gasteiger partial charge >= 0.3 is 5.97 Å². The zero-order valence-corrected chi connectivity index (χ0v) is 30.4. The van der Waals surface area contributed by atoms with Crippen LogP contribution in [0.25, 0.3) is 0 Å². The fraction of sp³-hybridized carbons (Fsp3) is 0.903. The maximum absolute atomic E-state index is 12.6. The van der Waals surface area contributed by atoms with Gasteiger partial charge in [0.15, 0.2) is 18.9 Å². The molecule has 16 N–H and O–H groups in total. The smallest absolute Gasteiger partial charge is 0.364 e.